The number of nitrogens with zero attached hydrogens (tertiary/aromatic N) is 1. The fourth-order valence-electron chi connectivity index (χ4n) is 1.88. The van der Waals surface area contributed by atoms with E-state index in [0.29, 0.717) is 12.0 Å². The third-order valence-corrected chi connectivity index (χ3v) is 4.29. The van der Waals surface area contributed by atoms with Gasteiger partial charge in [0.2, 0.25) is 0 Å². The molecule has 0 spiro atoms. The summed E-state index contributed by atoms with van der Waals surface area (Å²) in [6.45, 7) is 7.21. The van der Waals surface area contributed by atoms with Gasteiger partial charge in [-0.05, 0) is 26.3 Å². The topological polar surface area (TPSA) is 34.2 Å². The van der Waals surface area contributed by atoms with Gasteiger partial charge in [-0.3, -0.25) is 0 Å². The van der Waals surface area contributed by atoms with E-state index in [-0.39, 0.29) is 0 Å². The van der Waals surface area contributed by atoms with Crippen LogP contribution in [0.1, 0.15) is 48.5 Å². The summed E-state index contributed by atoms with van der Waals surface area (Å²) in [7, 11) is 0. The molecule has 0 radical (unpaired) electrons. The van der Waals surface area contributed by atoms with Gasteiger partial charge in [-0.15, -0.1) is 11.3 Å². The van der Waals surface area contributed by atoms with E-state index >= 15 is 0 Å². The van der Waals surface area contributed by atoms with Crippen LogP contribution in [0.3, 0.4) is 0 Å². The van der Waals surface area contributed by atoms with Gasteiger partial charge in [0.1, 0.15) is 0 Å². The number of hydrogen-bond donors (Lipinski definition) is 1. The predicted octanol–water partition coefficient (Wildman–Crippen LogP) is 2.71. The van der Waals surface area contributed by atoms with Crippen molar-refractivity contribution in [2.45, 2.75) is 38.6 Å². The third-order valence-electron chi connectivity index (χ3n) is 2.95. The van der Waals surface area contributed by atoms with Crippen LogP contribution in [0.25, 0.3) is 0 Å². The molecule has 16 heavy (non-hydrogen) atoms. The fraction of sp³-hybridized carbons (Fsp3) is 0.750. The molecule has 2 unspecified atom stereocenters. The lowest BCUT2D eigenvalue weighted by molar-refractivity contribution is 0.194. The zero-order valence-electron chi connectivity index (χ0n) is 10.0. The summed E-state index contributed by atoms with van der Waals surface area (Å²) in [5.41, 5.74) is 0. The second-order valence-electron chi connectivity index (χ2n) is 4.34. The lowest BCUT2D eigenvalue weighted by Crippen LogP contribution is -2.18. The molecule has 1 saturated heterocycles. The number of rotatable bonds is 5. The minimum absolute atomic E-state index is 0.425. The van der Waals surface area contributed by atoms with Gasteiger partial charge in [-0.1, -0.05) is 6.92 Å². The zero-order chi connectivity index (χ0) is 11.4. The summed E-state index contributed by atoms with van der Waals surface area (Å²) in [5.74, 6) is 0.539. The number of thiazole rings is 1. The van der Waals surface area contributed by atoms with Gasteiger partial charge < -0.3 is 10.1 Å². The summed E-state index contributed by atoms with van der Waals surface area (Å²) in [6, 6.07) is 0.425. The molecule has 1 aromatic rings. The second-order valence-corrected chi connectivity index (χ2v) is 5.43. The molecular formula is C12H20N2OS. The molecule has 3 nitrogen and oxygen atoms in total. The molecule has 1 aliphatic heterocycles. The lowest BCUT2D eigenvalue weighted by Gasteiger charge is -2.10. The Morgan fingerprint density at radius 1 is 1.69 bits per heavy atom. The minimum atomic E-state index is 0.425. The van der Waals surface area contributed by atoms with Gasteiger partial charge in [0.15, 0.2) is 0 Å². The Hall–Kier alpha value is -0.450. The summed E-state index contributed by atoms with van der Waals surface area (Å²) >= 11 is 1.84. The smallest absolute Gasteiger partial charge is 0.0983 e. The van der Waals surface area contributed by atoms with Crippen molar-refractivity contribution in [3.63, 3.8) is 0 Å². The molecule has 1 aliphatic rings. The predicted molar refractivity (Wildman–Crippen MR) is 67.0 cm³/mol. The van der Waals surface area contributed by atoms with Crippen molar-refractivity contribution in [2.24, 2.45) is 0 Å². The van der Waals surface area contributed by atoms with Crippen molar-refractivity contribution in [3.05, 3.63) is 16.1 Å². The van der Waals surface area contributed by atoms with Crippen molar-refractivity contribution < 1.29 is 4.74 Å². The summed E-state index contributed by atoms with van der Waals surface area (Å²) in [6.07, 6.45) is 4.32. The first-order valence-electron chi connectivity index (χ1n) is 6.08. The first-order chi connectivity index (χ1) is 7.81. The minimum Gasteiger partial charge on any atom is -0.381 e. The molecule has 4 heteroatoms. The molecule has 2 heterocycles. The normalized spacial score (nSPS) is 22.5. The van der Waals surface area contributed by atoms with Gasteiger partial charge >= 0.3 is 0 Å². The zero-order valence-corrected chi connectivity index (χ0v) is 10.8. The molecule has 90 valence electrons. The van der Waals surface area contributed by atoms with E-state index in [1.807, 2.05) is 17.5 Å². The summed E-state index contributed by atoms with van der Waals surface area (Å²) in [4.78, 5) is 5.87. The molecule has 0 bridgehead atoms. The van der Waals surface area contributed by atoms with E-state index in [1.165, 1.54) is 16.3 Å². The van der Waals surface area contributed by atoms with Crippen LogP contribution in [0.5, 0.6) is 0 Å². The summed E-state index contributed by atoms with van der Waals surface area (Å²) in [5, 5.41) is 4.74. The number of nitrogens with one attached hydrogen (secondary N) is 1. The molecule has 2 atom stereocenters. The van der Waals surface area contributed by atoms with Crippen LogP contribution in [-0.4, -0.2) is 24.7 Å². The Morgan fingerprint density at radius 2 is 2.56 bits per heavy atom. The number of ether oxygens (including phenoxy) is 1. The standard InChI is InChI=1S/C12H20N2OS/c1-3-5-13-9(2)11-7-14-12(16-11)10-4-6-15-8-10/h7,9-10,13H,3-6,8H2,1-2H3. The SMILES string of the molecule is CCCNC(C)c1cnc(C2CCOC2)s1. The average molecular weight is 240 g/mol. The van der Waals surface area contributed by atoms with Gasteiger partial charge in [-0.25, -0.2) is 4.98 Å². The number of hydrogen-bond acceptors (Lipinski definition) is 4. The highest BCUT2D eigenvalue weighted by molar-refractivity contribution is 7.11. The highest BCUT2D eigenvalue weighted by Crippen LogP contribution is 2.30. The Morgan fingerprint density at radius 3 is 3.25 bits per heavy atom. The van der Waals surface area contributed by atoms with Gasteiger partial charge in [0.05, 0.1) is 11.6 Å². The summed E-state index contributed by atoms with van der Waals surface area (Å²) < 4.78 is 5.40. The Labute approximate surface area is 101 Å². The van der Waals surface area contributed by atoms with Gasteiger partial charge in [0, 0.05) is 29.6 Å². The van der Waals surface area contributed by atoms with Crippen molar-refractivity contribution >= 4 is 11.3 Å². The maximum atomic E-state index is 5.40. The molecule has 0 aromatic carbocycles. The maximum Gasteiger partial charge on any atom is 0.0983 e. The fourth-order valence-corrected chi connectivity index (χ4v) is 2.95. The highest BCUT2D eigenvalue weighted by Gasteiger charge is 2.21. The Balaban J connectivity index is 1.95. The van der Waals surface area contributed by atoms with Crippen molar-refractivity contribution in [1.82, 2.24) is 10.3 Å². The molecular weight excluding hydrogens is 220 g/mol. The van der Waals surface area contributed by atoms with Crippen LogP contribution >= 0.6 is 11.3 Å². The highest BCUT2D eigenvalue weighted by atomic mass is 32.1. The van der Waals surface area contributed by atoms with Crippen molar-refractivity contribution in [2.75, 3.05) is 19.8 Å². The van der Waals surface area contributed by atoms with Gasteiger partial charge in [-0.2, -0.15) is 0 Å². The quantitative estimate of drug-likeness (QED) is 0.859. The first kappa shape index (κ1) is 12.0. The first-order valence-corrected chi connectivity index (χ1v) is 6.89. The monoisotopic (exact) mass is 240 g/mol. The van der Waals surface area contributed by atoms with Crippen LogP contribution in [0, 0.1) is 0 Å². The molecule has 0 amide bonds. The molecule has 1 aromatic heterocycles. The Kier molecular flexibility index (Phi) is 4.32. The van der Waals surface area contributed by atoms with Crippen molar-refractivity contribution in [3.8, 4) is 0 Å². The van der Waals surface area contributed by atoms with E-state index in [4.69, 9.17) is 4.74 Å². The van der Waals surface area contributed by atoms with Crippen LogP contribution in [-0.2, 0) is 4.74 Å². The molecule has 0 aliphatic carbocycles. The molecule has 2 rings (SSSR count). The lowest BCUT2D eigenvalue weighted by atomic mass is 10.1. The van der Waals surface area contributed by atoms with E-state index in [1.54, 1.807) is 0 Å². The largest absolute Gasteiger partial charge is 0.381 e. The third kappa shape index (κ3) is 2.81. The van der Waals surface area contributed by atoms with Crippen LogP contribution in [0.2, 0.25) is 0 Å². The van der Waals surface area contributed by atoms with Crippen LogP contribution in [0.15, 0.2) is 6.20 Å². The second kappa shape index (κ2) is 5.75. The van der Waals surface area contributed by atoms with Crippen LogP contribution < -0.4 is 5.32 Å². The van der Waals surface area contributed by atoms with E-state index in [9.17, 15) is 0 Å². The average Bonchev–Trinajstić information content (AvgIpc) is 2.94. The van der Waals surface area contributed by atoms with E-state index < -0.39 is 0 Å². The van der Waals surface area contributed by atoms with Crippen LogP contribution in [0.4, 0.5) is 0 Å². The molecule has 1 N–H and O–H groups in total. The van der Waals surface area contributed by atoms with E-state index in [0.717, 1.165) is 26.2 Å². The van der Waals surface area contributed by atoms with E-state index in [2.05, 4.69) is 24.1 Å². The molecule has 0 saturated carbocycles. The number of aromatic nitrogens is 1. The molecule has 1 fully saturated rings. The Bertz CT molecular complexity index is 321. The maximum absolute atomic E-state index is 5.40. The van der Waals surface area contributed by atoms with Gasteiger partial charge in [0.25, 0.3) is 0 Å². The van der Waals surface area contributed by atoms with Crippen molar-refractivity contribution in [1.29, 1.82) is 0 Å².